The lowest BCUT2D eigenvalue weighted by Gasteiger charge is -2.11. The van der Waals surface area contributed by atoms with Gasteiger partial charge in [-0.3, -0.25) is 5.32 Å². The third kappa shape index (κ3) is 3.90. The van der Waals surface area contributed by atoms with Crippen molar-refractivity contribution in [1.29, 1.82) is 0 Å². The van der Waals surface area contributed by atoms with Crippen molar-refractivity contribution in [1.82, 2.24) is 24.6 Å². The highest BCUT2D eigenvalue weighted by Crippen LogP contribution is 2.24. The van der Waals surface area contributed by atoms with Crippen molar-refractivity contribution in [2.45, 2.75) is 0 Å². The number of anilines is 3. The van der Waals surface area contributed by atoms with Crippen LogP contribution in [-0.2, 0) is 4.74 Å². The molecule has 0 atom stereocenters. The first-order chi connectivity index (χ1) is 14.2. The third-order valence-electron chi connectivity index (χ3n) is 3.99. The molecule has 0 aliphatic rings. The summed E-state index contributed by atoms with van der Waals surface area (Å²) >= 11 is 0. The Bertz CT molecular complexity index is 1180. The van der Waals surface area contributed by atoms with Crippen molar-refractivity contribution in [3.8, 4) is 17.4 Å². The van der Waals surface area contributed by atoms with E-state index in [1.54, 1.807) is 36.0 Å². The summed E-state index contributed by atoms with van der Waals surface area (Å²) in [5.41, 5.74) is 2.03. The lowest BCUT2D eigenvalue weighted by molar-refractivity contribution is 0.187. The lowest BCUT2D eigenvalue weighted by atomic mass is 10.3. The van der Waals surface area contributed by atoms with Crippen LogP contribution < -0.4 is 15.4 Å². The number of ether oxygens (including phenoxy) is 2. The van der Waals surface area contributed by atoms with Crippen molar-refractivity contribution < 1.29 is 14.3 Å². The zero-order valence-corrected chi connectivity index (χ0v) is 15.7. The molecule has 1 amide bonds. The quantitative estimate of drug-likeness (QED) is 0.533. The fourth-order valence-electron chi connectivity index (χ4n) is 2.66. The number of carbonyl (C=O) groups excluding carboxylic acids is 1. The van der Waals surface area contributed by atoms with Gasteiger partial charge in [0.05, 0.1) is 14.2 Å². The summed E-state index contributed by atoms with van der Waals surface area (Å²) in [6, 6.07) is 12.6. The van der Waals surface area contributed by atoms with E-state index in [9.17, 15) is 4.79 Å². The van der Waals surface area contributed by atoms with Gasteiger partial charge in [0.15, 0.2) is 5.82 Å². The standard InChI is InChI=1S/C19H17N7O3/c1-28-16-7-3-5-13(22-16)17-24-18(14-6-4-10-26(14)25-17)21-12-8-9-20-15(11-12)23-19(27)29-2/h3-11H,1-2H3,(H2,20,21,23,24,25,27). The van der Waals surface area contributed by atoms with Crippen LogP contribution in [0.15, 0.2) is 54.9 Å². The molecular formula is C19H17N7O3. The molecule has 0 aromatic carbocycles. The van der Waals surface area contributed by atoms with Crippen LogP contribution >= 0.6 is 0 Å². The van der Waals surface area contributed by atoms with Gasteiger partial charge in [0.1, 0.15) is 17.0 Å². The van der Waals surface area contributed by atoms with E-state index in [2.05, 4.69) is 35.4 Å². The average Bonchev–Trinajstić information content (AvgIpc) is 3.23. The molecule has 4 heterocycles. The monoisotopic (exact) mass is 391 g/mol. The number of nitrogens with zero attached hydrogens (tertiary/aromatic N) is 5. The van der Waals surface area contributed by atoms with Gasteiger partial charge in [0, 0.05) is 30.2 Å². The molecule has 0 bridgehead atoms. The predicted octanol–water partition coefficient (Wildman–Crippen LogP) is 3.12. The minimum absolute atomic E-state index is 0.344. The molecule has 0 aliphatic heterocycles. The number of rotatable bonds is 5. The number of carbonyl (C=O) groups is 1. The van der Waals surface area contributed by atoms with Crippen molar-refractivity contribution in [3.05, 3.63) is 54.9 Å². The summed E-state index contributed by atoms with van der Waals surface area (Å²) in [7, 11) is 2.84. The van der Waals surface area contributed by atoms with Gasteiger partial charge in [-0.25, -0.2) is 24.3 Å². The second-order valence-corrected chi connectivity index (χ2v) is 5.86. The Labute approximate surface area is 165 Å². The molecular weight excluding hydrogens is 374 g/mol. The fraction of sp³-hybridized carbons (Fsp3) is 0.105. The Morgan fingerprint density at radius 1 is 1.10 bits per heavy atom. The normalized spacial score (nSPS) is 10.6. The first kappa shape index (κ1) is 18.2. The second kappa shape index (κ2) is 7.80. The number of fused-ring (bicyclic) bond motifs is 1. The second-order valence-electron chi connectivity index (χ2n) is 5.86. The average molecular weight is 391 g/mol. The van der Waals surface area contributed by atoms with Gasteiger partial charge >= 0.3 is 6.09 Å². The summed E-state index contributed by atoms with van der Waals surface area (Å²) in [5, 5.41) is 10.3. The molecule has 4 rings (SSSR count). The van der Waals surface area contributed by atoms with Crippen LogP contribution in [0.3, 0.4) is 0 Å². The summed E-state index contributed by atoms with van der Waals surface area (Å²) in [5.74, 6) is 1.81. The SMILES string of the molecule is COC(=O)Nc1cc(Nc2nc(-c3cccc(OC)n3)nn3cccc23)ccn1. The van der Waals surface area contributed by atoms with Crippen LogP contribution in [0.4, 0.5) is 22.1 Å². The molecule has 0 saturated carbocycles. The molecule has 0 unspecified atom stereocenters. The smallest absolute Gasteiger partial charge is 0.412 e. The van der Waals surface area contributed by atoms with E-state index >= 15 is 0 Å². The third-order valence-corrected chi connectivity index (χ3v) is 3.99. The van der Waals surface area contributed by atoms with Gasteiger partial charge in [0.25, 0.3) is 0 Å². The number of hydrogen-bond acceptors (Lipinski definition) is 8. The highest BCUT2D eigenvalue weighted by Gasteiger charge is 2.12. The van der Waals surface area contributed by atoms with Gasteiger partial charge in [-0.1, -0.05) is 6.07 Å². The van der Waals surface area contributed by atoms with Gasteiger partial charge in [-0.2, -0.15) is 0 Å². The highest BCUT2D eigenvalue weighted by molar-refractivity contribution is 5.84. The molecule has 146 valence electrons. The predicted molar refractivity (Wildman–Crippen MR) is 106 cm³/mol. The van der Waals surface area contributed by atoms with E-state index in [4.69, 9.17) is 4.74 Å². The maximum Gasteiger partial charge on any atom is 0.412 e. The molecule has 0 fully saturated rings. The summed E-state index contributed by atoms with van der Waals surface area (Å²) < 4.78 is 11.5. The fourth-order valence-corrected chi connectivity index (χ4v) is 2.66. The zero-order chi connectivity index (χ0) is 20.2. The van der Waals surface area contributed by atoms with Gasteiger partial charge in [-0.05, 0) is 24.3 Å². The van der Waals surface area contributed by atoms with Gasteiger partial charge in [-0.15, -0.1) is 5.10 Å². The van der Waals surface area contributed by atoms with Crippen LogP contribution in [-0.4, -0.2) is 44.9 Å². The molecule has 29 heavy (non-hydrogen) atoms. The maximum atomic E-state index is 11.4. The van der Waals surface area contributed by atoms with E-state index < -0.39 is 6.09 Å². The van der Waals surface area contributed by atoms with E-state index in [1.165, 1.54) is 7.11 Å². The minimum atomic E-state index is -0.600. The summed E-state index contributed by atoms with van der Waals surface area (Å²) in [6.45, 7) is 0. The van der Waals surface area contributed by atoms with Crippen LogP contribution in [0.25, 0.3) is 17.0 Å². The number of hydrogen-bond donors (Lipinski definition) is 2. The maximum absolute atomic E-state index is 11.4. The first-order valence-corrected chi connectivity index (χ1v) is 8.61. The van der Waals surface area contributed by atoms with Crippen molar-refractivity contribution in [2.24, 2.45) is 0 Å². The molecule has 4 aromatic heterocycles. The largest absolute Gasteiger partial charge is 0.481 e. The Hall–Kier alpha value is -4.21. The molecule has 10 nitrogen and oxygen atoms in total. The molecule has 4 aromatic rings. The van der Waals surface area contributed by atoms with Crippen LogP contribution in [0, 0.1) is 0 Å². The summed E-state index contributed by atoms with van der Waals surface area (Å²) in [4.78, 5) is 24.5. The molecule has 10 heteroatoms. The zero-order valence-electron chi connectivity index (χ0n) is 15.7. The summed E-state index contributed by atoms with van der Waals surface area (Å²) in [6.07, 6.45) is 2.79. The van der Waals surface area contributed by atoms with E-state index in [0.717, 1.165) is 5.52 Å². The van der Waals surface area contributed by atoms with E-state index in [-0.39, 0.29) is 0 Å². The Balaban J connectivity index is 1.71. The molecule has 0 saturated heterocycles. The molecule has 0 aliphatic carbocycles. The van der Waals surface area contributed by atoms with Crippen LogP contribution in [0.1, 0.15) is 0 Å². The van der Waals surface area contributed by atoms with Gasteiger partial charge < -0.3 is 14.8 Å². The van der Waals surface area contributed by atoms with Crippen LogP contribution in [0.2, 0.25) is 0 Å². The van der Waals surface area contributed by atoms with Crippen molar-refractivity contribution >= 4 is 28.9 Å². The van der Waals surface area contributed by atoms with E-state index in [1.807, 2.05) is 30.5 Å². The first-order valence-electron chi connectivity index (χ1n) is 8.61. The van der Waals surface area contributed by atoms with E-state index in [0.29, 0.717) is 34.7 Å². The number of amides is 1. The molecule has 0 spiro atoms. The number of nitrogens with one attached hydrogen (secondary N) is 2. The van der Waals surface area contributed by atoms with Crippen LogP contribution in [0.5, 0.6) is 5.88 Å². The lowest BCUT2D eigenvalue weighted by Crippen LogP contribution is -2.12. The molecule has 2 N–H and O–H groups in total. The Morgan fingerprint density at radius 3 is 2.83 bits per heavy atom. The number of aromatic nitrogens is 5. The minimum Gasteiger partial charge on any atom is -0.481 e. The Kier molecular flexibility index (Phi) is 4.89. The number of methoxy groups -OCH3 is 2. The van der Waals surface area contributed by atoms with Gasteiger partial charge in [0.2, 0.25) is 11.7 Å². The number of pyridine rings is 2. The van der Waals surface area contributed by atoms with Crippen molar-refractivity contribution in [3.63, 3.8) is 0 Å². The van der Waals surface area contributed by atoms with Crippen molar-refractivity contribution in [2.75, 3.05) is 24.9 Å². The molecule has 0 radical (unpaired) electrons. The Morgan fingerprint density at radius 2 is 2.00 bits per heavy atom. The highest BCUT2D eigenvalue weighted by atomic mass is 16.5. The topological polar surface area (TPSA) is 116 Å².